The molecule has 2 atom stereocenters. The van der Waals surface area contributed by atoms with Gasteiger partial charge in [-0.2, -0.15) is 0 Å². The van der Waals surface area contributed by atoms with E-state index in [1.54, 1.807) is 0 Å². The van der Waals surface area contributed by atoms with E-state index >= 15 is 0 Å². The van der Waals surface area contributed by atoms with Gasteiger partial charge in [-0.05, 0) is 58.3 Å². The van der Waals surface area contributed by atoms with E-state index in [-0.39, 0.29) is 5.91 Å². The second-order valence-electron chi connectivity index (χ2n) is 7.47. The molecule has 1 amide bonds. The van der Waals surface area contributed by atoms with Gasteiger partial charge >= 0.3 is 0 Å². The monoisotopic (exact) mass is 344 g/mol. The Morgan fingerprint density at radius 2 is 1.72 bits per heavy atom. The van der Waals surface area contributed by atoms with Crippen LogP contribution < -0.4 is 4.90 Å². The van der Waals surface area contributed by atoms with Crippen molar-refractivity contribution in [1.29, 1.82) is 0 Å². The molecule has 0 N–H and O–H groups in total. The van der Waals surface area contributed by atoms with E-state index in [1.807, 2.05) is 17.9 Å². The molecule has 0 aromatic carbocycles. The lowest BCUT2D eigenvalue weighted by molar-refractivity contribution is 0.0601. The molecule has 3 rings (SSSR count). The molecule has 2 aliphatic heterocycles. The van der Waals surface area contributed by atoms with Crippen LogP contribution in [0.15, 0.2) is 6.07 Å². The molecule has 2 fully saturated rings. The number of aryl methyl sites for hydroxylation is 1. The van der Waals surface area contributed by atoms with Crippen LogP contribution in [0.3, 0.4) is 0 Å². The predicted molar refractivity (Wildman–Crippen MR) is 101 cm³/mol. The van der Waals surface area contributed by atoms with Crippen molar-refractivity contribution in [2.45, 2.75) is 84.2 Å². The maximum absolute atomic E-state index is 13.1. The second-order valence-corrected chi connectivity index (χ2v) is 7.47. The fourth-order valence-corrected chi connectivity index (χ4v) is 4.37. The molecular weight excluding hydrogens is 312 g/mol. The first-order chi connectivity index (χ1) is 12.1. The van der Waals surface area contributed by atoms with Gasteiger partial charge in [0.15, 0.2) is 0 Å². The van der Waals surface area contributed by atoms with Crippen LogP contribution in [0.5, 0.6) is 0 Å². The first-order valence-electron chi connectivity index (χ1n) is 10.1. The third-order valence-corrected chi connectivity index (χ3v) is 5.80. The summed E-state index contributed by atoms with van der Waals surface area (Å²) in [6.07, 6.45) is 9.29. The van der Waals surface area contributed by atoms with Crippen LogP contribution in [0.1, 0.15) is 81.5 Å². The highest BCUT2D eigenvalue weighted by Crippen LogP contribution is 2.27. The molecule has 1 aromatic rings. The van der Waals surface area contributed by atoms with E-state index < -0.39 is 0 Å². The van der Waals surface area contributed by atoms with Crippen LogP contribution >= 0.6 is 0 Å². The number of rotatable bonds is 4. The molecule has 2 aliphatic rings. The Balaban J connectivity index is 1.87. The smallest absolute Gasteiger partial charge is 0.272 e. The van der Waals surface area contributed by atoms with E-state index in [1.165, 1.54) is 25.7 Å². The summed E-state index contributed by atoms with van der Waals surface area (Å²) in [5, 5.41) is 0. The minimum atomic E-state index is 0.0864. The Bertz CT molecular complexity index is 603. The van der Waals surface area contributed by atoms with Gasteiger partial charge in [0.1, 0.15) is 17.3 Å². The third-order valence-electron chi connectivity index (χ3n) is 5.80. The van der Waals surface area contributed by atoms with Crippen LogP contribution in [0.2, 0.25) is 0 Å². The largest absolute Gasteiger partial charge is 0.354 e. The molecule has 5 nitrogen and oxygen atoms in total. The molecule has 5 heteroatoms. The minimum absolute atomic E-state index is 0.0864. The summed E-state index contributed by atoms with van der Waals surface area (Å²) < 4.78 is 0. The van der Waals surface area contributed by atoms with Gasteiger partial charge in [0.2, 0.25) is 0 Å². The predicted octanol–water partition coefficient (Wildman–Crippen LogP) is 3.96. The Hall–Kier alpha value is -1.65. The van der Waals surface area contributed by atoms with Crippen molar-refractivity contribution < 1.29 is 4.79 Å². The Morgan fingerprint density at radius 1 is 1.04 bits per heavy atom. The summed E-state index contributed by atoms with van der Waals surface area (Å²) in [7, 11) is 0. The highest BCUT2D eigenvalue weighted by molar-refractivity contribution is 5.93. The molecule has 3 heterocycles. The molecule has 0 radical (unpaired) electrons. The molecular formula is C20H32N4O. The number of anilines is 1. The van der Waals surface area contributed by atoms with Crippen LogP contribution in [0.25, 0.3) is 0 Å². The maximum Gasteiger partial charge on any atom is 0.272 e. The van der Waals surface area contributed by atoms with E-state index in [2.05, 4.69) is 28.7 Å². The Labute approximate surface area is 151 Å². The number of carbonyl (C=O) groups is 1. The third kappa shape index (κ3) is 3.96. The molecule has 0 saturated carbocycles. The summed E-state index contributed by atoms with van der Waals surface area (Å²) in [6, 6.07) is 2.83. The zero-order valence-corrected chi connectivity index (χ0v) is 16.0. The summed E-state index contributed by atoms with van der Waals surface area (Å²) in [4.78, 5) is 26.7. The first kappa shape index (κ1) is 18.2. The number of hydrogen-bond acceptors (Lipinski definition) is 4. The first-order valence-corrected chi connectivity index (χ1v) is 10.1. The number of hydrogen-bond donors (Lipinski definition) is 0. The quantitative estimate of drug-likeness (QED) is 0.829. The van der Waals surface area contributed by atoms with Gasteiger partial charge in [-0.15, -0.1) is 0 Å². The average molecular weight is 345 g/mol. The van der Waals surface area contributed by atoms with Gasteiger partial charge in [-0.25, -0.2) is 9.97 Å². The highest BCUT2D eigenvalue weighted by Gasteiger charge is 2.29. The van der Waals surface area contributed by atoms with Crippen molar-refractivity contribution in [3.05, 3.63) is 17.6 Å². The number of piperidine rings is 2. The molecule has 138 valence electrons. The van der Waals surface area contributed by atoms with Gasteiger partial charge in [0.05, 0.1) is 0 Å². The summed E-state index contributed by atoms with van der Waals surface area (Å²) >= 11 is 0. The second kappa shape index (κ2) is 8.15. The van der Waals surface area contributed by atoms with Crippen molar-refractivity contribution in [3.8, 4) is 0 Å². The summed E-state index contributed by atoms with van der Waals surface area (Å²) in [6.45, 7) is 8.20. The molecule has 0 spiro atoms. The molecule has 0 aliphatic carbocycles. The van der Waals surface area contributed by atoms with Crippen molar-refractivity contribution in [1.82, 2.24) is 14.9 Å². The minimum Gasteiger partial charge on any atom is -0.354 e. The molecule has 25 heavy (non-hydrogen) atoms. The van der Waals surface area contributed by atoms with Crippen molar-refractivity contribution in [2.24, 2.45) is 0 Å². The summed E-state index contributed by atoms with van der Waals surface area (Å²) in [5.41, 5.74) is 0.572. The number of aromatic nitrogens is 2. The normalized spacial score (nSPS) is 24.4. The lowest BCUT2D eigenvalue weighted by Crippen LogP contribution is -2.44. The van der Waals surface area contributed by atoms with Crippen LogP contribution in [0, 0.1) is 6.92 Å². The van der Waals surface area contributed by atoms with Gasteiger partial charge in [-0.1, -0.05) is 13.8 Å². The Kier molecular flexibility index (Phi) is 5.92. The van der Waals surface area contributed by atoms with Gasteiger partial charge in [0, 0.05) is 31.2 Å². The molecule has 2 saturated heterocycles. The maximum atomic E-state index is 13.1. The van der Waals surface area contributed by atoms with E-state index in [0.717, 1.165) is 44.6 Å². The van der Waals surface area contributed by atoms with E-state index in [4.69, 9.17) is 0 Å². The Morgan fingerprint density at radius 3 is 2.44 bits per heavy atom. The van der Waals surface area contributed by atoms with Crippen LogP contribution in [-0.4, -0.2) is 45.9 Å². The number of likely N-dealkylation sites (tertiary alicyclic amines) is 1. The van der Waals surface area contributed by atoms with Crippen LogP contribution in [0.4, 0.5) is 5.82 Å². The lowest BCUT2D eigenvalue weighted by atomic mass is 9.99. The zero-order chi connectivity index (χ0) is 17.8. The zero-order valence-electron chi connectivity index (χ0n) is 16.0. The van der Waals surface area contributed by atoms with Crippen molar-refractivity contribution >= 4 is 11.7 Å². The van der Waals surface area contributed by atoms with E-state index in [0.29, 0.717) is 23.6 Å². The van der Waals surface area contributed by atoms with Crippen LogP contribution in [-0.2, 0) is 0 Å². The van der Waals surface area contributed by atoms with Gasteiger partial charge in [-0.3, -0.25) is 4.79 Å². The highest BCUT2D eigenvalue weighted by atomic mass is 16.2. The van der Waals surface area contributed by atoms with Crippen molar-refractivity contribution in [2.75, 3.05) is 18.0 Å². The summed E-state index contributed by atoms with van der Waals surface area (Å²) in [5.74, 6) is 1.72. The fourth-order valence-electron chi connectivity index (χ4n) is 4.37. The number of nitrogens with zero attached hydrogens (tertiary/aromatic N) is 4. The lowest BCUT2D eigenvalue weighted by Gasteiger charge is -2.37. The standard InChI is InChI=1S/C20H32N4O/c1-4-16-10-6-8-12-23(16)19-14-18(21-15(3)22-19)20(25)24-13-9-7-11-17(24)5-2/h14,16-17H,4-13H2,1-3H3. The van der Waals surface area contributed by atoms with Gasteiger partial charge in [0.25, 0.3) is 5.91 Å². The molecule has 0 bridgehead atoms. The number of amides is 1. The van der Waals surface area contributed by atoms with Gasteiger partial charge < -0.3 is 9.80 Å². The SMILES string of the molecule is CCC1CCCCN1C(=O)c1cc(N2CCCCC2CC)nc(C)n1. The fraction of sp³-hybridized carbons (Fsp3) is 0.750. The van der Waals surface area contributed by atoms with Crippen molar-refractivity contribution in [3.63, 3.8) is 0 Å². The van der Waals surface area contributed by atoms with E-state index in [9.17, 15) is 4.79 Å². The topological polar surface area (TPSA) is 49.3 Å². The molecule has 2 unspecified atom stereocenters. The number of carbonyl (C=O) groups excluding carboxylic acids is 1. The molecule has 1 aromatic heterocycles. The average Bonchev–Trinajstić information content (AvgIpc) is 2.66.